The van der Waals surface area contributed by atoms with Crippen LogP contribution in [0.3, 0.4) is 0 Å². The van der Waals surface area contributed by atoms with Crippen molar-refractivity contribution < 1.29 is 19.1 Å². The highest BCUT2D eigenvalue weighted by Crippen LogP contribution is 2.11. The molecule has 106 valence electrons. The van der Waals surface area contributed by atoms with Crippen LogP contribution < -0.4 is 10.7 Å². The number of hydrogen-bond acceptors (Lipinski definition) is 4. The molecule has 2 aromatic rings. The maximum Gasteiger partial charge on any atom is 0.327 e. The van der Waals surface area contributed by atoms with E-state index in [1.807, 2.05) is 0 Å². The number of aliphatic carboxylic acids is 1. The van der Waals surface area contributed by atoms with E-state index in [9.17, 15) is 14.4 Å². The molecule has 1 aromatic carbocycles. The summed E-state index contributed by atoms with van der Waals surface area (Å²) in [6.07, 6.45) is 4.87. The Bertz CT molecular complexity index is 800. The Hall–Kier alpha value is -3.07. The van der Waals surface area contributed by atoms with E-state index in [-0.39, 0.29) is 23.2 Å². The molecule has 2 N–H and O–H groups in total. The third-order valence-electron chi connectivity index (χ3n) is 2.78. The molecule has 0 saturated carbocycles. The van der Waals surface area contributed by atoms with Gasteiger partial charge >= 0.3 is 5.97 Å². The summed E-state index contributed by atoms with van der Waals surface area (Å²) in [6.45, 7) is 0. The number of fused-ring (bicyclic) bond motifs is 1. The standard InChI is InChI=1S/C15H11NO5/c1-2-5-10(15(19)20)16-14(18)13-8-11(17)9-6-3-4-7-12(9)21-13/h1,3-4,6-8,10H,5H2,(H,16,18)(H,19,20). The van der Waals surface area contributed by atoms with Gasteiger partial charge in [0.15, 0.2) is 11.2 Å². The summed E-state index contributed by atoms with van der Waals surface area (Å²) in [7, 11) is 0. The maximum atomic E-state index is 12.0. The number of hydrogen-bond donors (Lipinski definition) is 2. The highest BCUT2D eigenvalue weighted by molar-refractivity contribution is 5.95. The van der Waals surface area contributed by atoms with Crippen LogP contribution in [0.4, 0.5) is 0 Å². The first kappa shape index (κ1) is 14.3. The number of carboxylic acid groups (broad SMARTS) is 1. The van der Waals surface area contributed by atoms with Crippen molar-refractivity contribution in [3.63, 3.8) is 0 Å². The average Bonchev–Trinajstić information content (AvgIpc) is 2.46. The molecule has 1 heterocycles. The molecule has 0 spiro atoms. The van der Waals surface area contributed by atoms with Crippen molar-refractivity contribution in [2.45, 2.75) is 12.5 Å². The van der Waals surface area contributed by atoms with E-state index >= 15 is 0 Å². The number of terminal acetylenes is 1. The number of rotatable bonds is 4. The fourth-order valence-electron chi connectivity index (χ4n) is 1.76. The molecule has 2 rings (SSSR count). The Labute approximate surface area is 119 Å². The number of carbonyl (C=O) groups excluding carboxylic acids is 1. The highest BCUT2D eigenvalue weighted by atomic mass is 16.4. The maximum absolute atomic E-state index is 12.0. The Morgan fingerprint density at radius 1 is 1.38 bits per heavy atom. The Morgan fingerprint density at radius 2 is 2.10 bits per heavy atom. The molecule has 1 unspecified atom stereocenters. The van der Waals surface area contributed by atoms with E-state index in [0.717, 1.165) is 6.07 Å². The van der Waals surface area contributed by atoms with Gasteiger partial charge in [0, 0.05) is 12.5 Å². The lowest BCUT2D eigenvalue weighted by Gasteiger charge is -2.11. The van der Waals surface area contributed by atoms with Gasteiger partial charge in [0.25, 0.3) is 5.91 Å². The minimum absolute atomic E-state index is 0.168. The predicted octanol–water partition coefficient (Wildman–Crippen LogP) is 0.999. The van der Waals surface area contributed by atoms with Gasteiger partial charge in [0.2, 0.25) is 0 Å². The Balaban J connectivity index is 2.34. The molecule has 1 amide bonds. The minimum Gasteiger partial charge on any atom is -0.480 e. The van der Waals surface area contributed by atoms with Crippen molar-refractivity contribution in [1.29, 1.82) is 0 Å². The lowest BCUT2D eigenvalue weighted by Crippen LogP contribution is -2.40. The van der Waals surface area contributed by atoms with Crippen LogP contribution in [0.5, 0.6) is 0 Å². The number of para-hydroxylation sites is 1. The Morgan fingerprint density at radius 3 is 2.76 bits per heavy atom. The van der Waals surface area contributed by atoms with Crippen LogP contribution in [0, 0.1) is 12.3 Å². The van der Waals surface area contributed by atoms with E-state index in [1.165, 1.54) is 0 Å². The van der Waals surface area contributed by atoms with Crippen molar-refractivity contribution in [3.8, 4) is 12.3 Å². The van der Waals surface area contributed by atoms with E-state index in [4.69, 9.17) is 15.9 Å². The van der Waals surface area contributed by atoms with Crippen molar-refractivity contribution in [2.75, 3.05) is 0 Å². The monoisotopic (exact) mass is 285 g/mol. The minimum atomic E-state index is -1.26. The topological polar surface area (TPSA) is 96.6 Å². The number of benzene rings is 1. The largest absolute Gasteiger partial charge is 0.480 e. The smallest absolute Gasteiger partial charge is 0.327 e. The molecule has 1 atom stereocenters. The van der Waals surface area contributed by atoms with Gasteiger partial charge in [-0.2, -0.15) is 0 Å². The highest BCUT2D eigenvalue weighted by Gasteiger charge is 2.21. The molecule has 0 radical (unpaired) electrons. The summed E-state index contributed by atoms with van der Waals surface area (Å²) in [5.41, 5.74) is -0.134. The molecule has 0 bridgehead atoms. The van der Waals surface area contributed by atoms with Crippen LogP contribution in [-0.2, 0) is 4.79 Å². The van der Waals surface area contributed by atoms with Crippen molar-refractivity contribution in [1.82, 2.24) is 5.32 Å². The van der Waals surface area contributed by atoms with Crippen molar-refractivity contribution in [3.05, 3.63) is 46.3 Å². The molecule has 0 aliphatic rings. The molecule has 0 saturated heterocycles. The SMILES string of the molecule is C#CCC(NC(=O)c1cc(=O)c2ccccc2o1)C(=O)O. The summed E-state index contributed by atoms with van der Waals surface area (Å²) in [4.78, 5) is 34.7. The number of nitrogens with one attached hydrogen (secondary N) is 1. The summed E-state index contributed by atoms with van der Waals surface area (Å²) in [6, 6.07) is 6.23. The predicted molar refractivity (Wildman–Crippen MR) is 74.8 cm³/mol. The zero-order chi connectivity index (χ0) is 15.4. The third-order valence-corrected chi connectivity index (χ3v) is 2.78. The van der Waals surface area contributed by atoms with Crippen LogP contribution in [0.15, 0.2) is 39.5 Å². The second kappa shape index (κ2) is 5.92. The van der Waals surface area contributed by atoms with Crippen LogP contribution in [0.2, 0.25) is 0 Å². The van der Waals surface area contributed by atoms with Gasteiger partial charge < -0.3 is 14.8 Å². The second-order valence-corrected chi connectivity index (χ2v) is 4.24. The zero-order valence-electron chi connectivity index (χ0n) is 10.8. The van der Waals surface area contributed by atoms with E-state index in [2.05, 4.69) is 11.2 Å². The third kappa shape index (κ3) is 3.09. The van der Waals surface area contributed by atoms with Crippen LogP contribution in [0.1, 0.15) is 17.0 Å². The quantitative estimate of drug-likeness (QED) is 0.817. The van der Waals surface area contributed by atoms with Crippen LogP contribution in [0.25, 0.3) is 11.0 Å². The van der Waals surface area contributed by atoms with E-state index < -0.39 is 17.9 Å². The summed E-state index contributed by atoms with van der Waals surface area (Å²) < 4.78 is 5.31. The van der Waals surface area contributed by atoms with Gasteiger partial charge in [-0.3, -0.25) is 9.59 Å². The molecule has 21 heavy (non-hydrogen) atoms. The van der Waals surface area contributed by atoms with Gasteiger partial charge in [-0.05, 0) is 12.1 Å². The lowest BCUT2D eigenvalue weighted by atomic mass is 10.2. The molecular formula is C15H11NO5. The molecule has 1 aromatic heterocycles. The van der Waals surface area contributed by atoms with E-state index in [1.54, 1.807) is 24.3 Å². The van der Waals surface area contributed by atoms with E-state index in [0.29, 0.717) is 5.39 Å². The lowest BCUT2D eigenvalue weighted by molar-refractivity contribution is -0.139. The zero-order valence-corrected chi connectivity index (χ0v) is 10.8. The average molecular weight is 285 g/mol. The number of amides is 1. The second-order valence-electron chi connectivity index (χ2n) is 4.24. The molecule has 0 aliphatic heterocycles. The first-order chi connectivity index (χ1) is 10.0. The van der Waals surface area contributed by atoms with Gasteiger partial charge in [-0.15, -0.1) is 12.3 Å². The molecule has 6 nitrogen and oxygen atoms in total. The molecule has 0 fully saturated rings. The molecular weight excluding hydrogens is 274 g/mol. The van der Waals surface area contributed by atoms with Gasteiger partial charge in [-0.1, -0.05) is 12.1 Å². The van der Waals surface area contributed by atoms with Gasteiger partial charge in [0.05, 0.1) is 5.39 Å². The first-order valence-electron chi connectivity index (χ1n) is 6.03. The molecule has 6 heteroatoms. The number of carbonyl (C=O) groups is 2. The normalized spacial score (nSPS) is 11.6. The Kier molecular flexibility index (Phi) is 4.05. The first-order valence-corrected chi connectivity index (χ1v) is 6.03. The van der Waals surface area contributed by atoms with Gasteiger partial charge in [-0.25, -0.2) is 4.79 Å². The van der Waals surface area contributed by atoms with Crippen LogP contribution in [-0.4, -0.2) is 23.0 Å². The van der Waals surface area contributed by atoms with Crippen LogP contribution >= 0.6 is 0 Å². The van der Waals surface area contributed by atoms with Gasteiger partial charge in [0.1, 0.15) is 11.6 Å². The molecule has 0 aliphatic carbocycles. The van der Waals surface area contributed by atoms with Crippen molar-refractivity contribution in [2.24, 2.45) is 0 Å². The summed E-state index contributed by atoms with van der Waals surface area (Å²) in [5, 5.41) is 11.5. The van der Waals surface area contributed by atoms with Crippen molar-refractivity contribution >= 4 is 22.8 Å². The summed E-state index contributed by atoms with van der Waals surface area (Å²) >= 11 is 0. The fourth-order valence-corrected chi connectivity index (χ4v) is 1.76. The number of carboxylic acids is 1. The summed E-state index contributed by atoms with van der Waals surface area (Å²) in [5.74, 6) is -0.168. The fraction of sp³-hybridized carbons (Fsp3) is 0.133.